The van der Waals surface area contributed by atoms with Crippen molar-refractivity contribution in [2.75, 3.05) is 23.5 Å². The Morgan fingerprint density at radius 3 is 2.58 bits per heavy atom. The second-order valence-electron chi connectivity index (χ2n) is 7.29. The van der Waals surface area contributed by atoms with Crippen molar-refractivity contribution in [3.8, 4) is 0 Å². The number of hydrogen-bond donors (Lipinski definition) is 2. The fourth-order valence-electron chi connectivity index (χ4n) is 3.38. The third-order valence-electron chi connectivity index (χ3n) is 4.96. The molecule has 1 aliphatic carbocycles. The van der Waals surface area contributed by atoms with Crippen LogP contribution in [0, 0.1) is 12.8 Å². The molecule has 1 aromatic heterocycles. The summed E-state index contributed by atoms with van der Waals surface area (Å²) in [7, 11) is -2.82. The van der Waals surface area contributed by atoms with Gasteiger partial charge < -0.3 is 10.1 Å². The fourth-order valence-corrected chi connectivity index (χ4v) is 5.63. The highest BCUT2D eigenvalue weighted by molar-refractivity contribution is 7.94. The molecule has 2 aromatic rings. The van der Waals surface area contributed by atoms with E-state index in [2.05, 4.69) is 20.4 Å². The Morgan fingerprint density at radius 2 is 1.90 bits per heavy atom. The van der Waals surface area contributed by atoms with Crippen molar-refractivity contribution in [1.29, 1.82) is 0 Å². The van der Waals surface area contributed by atoms with Gasteiger partial charge in [-0.2, -0.15) is 0 Å². The van der Waals surface area contributed by atoms with Crippen molar-refractivity contribution >= 4 is 49.8 Å². The van der Waals surface area contributed by atoms with Crippen LogP contribution in [0.3, 0.4) is 0 Å². The molecule has 1 aliphatic rings. The molecule has 31 heavy (non-hydrogen) atoms. The smallest absolute Gasteiger partial charge is 0.325 e. The van der Waals surface area contributed by atoms with Gasteiger partial charge >= 0.3 is 12.0 Å². The van der Waals surface area contributed by atoms with E-state index in [-0.39, 0.29) is 21.0 Å². The summed E-state index contributed by atoms with van der Waals surface area (Å²) in [6, 6.07) is 4.57. The van der Waals surface area contributed by atoms with E-state index < -0.39 is 27.6 Å². The van der Waals surface area contributed by atoms with Gasteiger partial charge in [0.05, 0.1) is 19.0 Å². The molecule has 9 nitrogen and oxygen atoms in total. The number of Topliss-reactive ketones (excluding diaryl/α,β-unsaturated/α-hetero) is 1. The van der Waals surface area contributed by atoms with E-state index in [4.69, 9.17) is 0 Å². The van der Waals surface area contributed by atoms with Crippen molar-refractivity contribution in [2.24, 2.45) is 5.92 Å². The molecule has 3 rings (SSSR count). The zero-order valence-electron chi connectivity index (χ0n) is 17.1. The average molecular weight is 466 g/mol. The highest BCUT2D eigenvalue weighted by Gasteiger charge is 2.27. The van der Waals surface area contributed by atoms with Crippen molar-refractivity contribution in [3.63, 3.8) is 0 Å². The normalized spacial score (nSPS) is 14.3. The van der Waals surface area contributed by atoms with E-state index in [1.165, 1.54) is 0 Å². The first kappa shape index (κ1) is 22.9. The Morgan fingerprint density at radius 1 is 1.19 bits per heavy atom. The summed E-state index contributed by atoms with van der Waals surface area (Å²) in [5, 5.41) is 5.16. The molecule has 2 amide bonds. The Kier molecular flexibility index (Phi) is 7.06. The van der Waals surface area contributed by atoms with Crippen LogP contribution in [-0.2, 0) is 19.4 Å². The van der Waals surface area contributed by atoms with Gasteiger partial charge in [-0.1, -0.05) is 35.8 Å². The minimum atomic E-state index is -3.91. The molecule has 1 heterocycles. The molecule has 0 unspecified atom stereocenters. The number of nitrogens with zero attached hydrogens (tertiary/aromatic N) is 1. The summed E-state index contributed by atoms with van der Waals surface area (Å²) in [5.41, 5.74) is 1.75. The monoisotopic (exact) mass is 465 g/mol. The number of methoxy groups -OCH3 is 1. The molecule has 11 heteroatoms. The van der Waals surface area contributed by atoms with Crippen molar-refractivity contribution in [2.45, 2.75) is 36.8 Å². The number of rotatable bonds is 7. The number of amides is 2. The maximum absolute atomic E-state index is 12.9. The number of ether oxygens (including phenoxy) is 1. The van der Waals surface area contributed by atoms with Crippen LogP contribution < -0.4 is 10.6 Å². The summed E-state index contributed by atoms with van der Waals surface area (Å²) in [6.07, 6.45) is 4.81. The van der Waals surface area contributed by atoms with E-state index in [9.17, 15) is 22.8 Å². The number of aromatic nitrogens is 1. The summed E-state index contributed by atoms with van der Waals surface area (Å²) in [5.74, 6) is -1.72. The van der Waals surface area contributed by atoms with Crippen LogP contribution in [0.5, 0.6) is 0 Å². The third-order valence-corrected chi connectivity index (χ3v) is 8.02. The largest absolute Gasteiger partial charge is 0.468 e. The molecule has 1 saturated carbocycles. The first-order valence-electron chi connectivity index (χ1n) is 9.68. The lowest BCUT2D eigenvalue weighted by Gasteiger charge is -2.14. The zero-order valence-corrected chi connectivity index (χ0v) is 18.8. The lowest BCUT2D eigenvalue weighted by Crippen LogP contribution is -2.22. The van der Waals surface area contributed by atoms with Crippen LogP contribution in [0.15, 0.2) is 28.6 Å². The SMILES string of the molecule is COC(=O)CS(=O)(=O)c1cnc(NC(=O)Nc2ccc(C)cc2C(=O)C2CCCC2)s1. The van der Waals surface area contributed by atoms with Gasteiger partial charge in [-0.25, -0.2) is 18.2 Å². The molecule has 166 valence electrons. The molecule has 0 atom stereocenters. The number of thiazole rings is 1. The van der Waals surface area contributed by atoms with Crippen molar-refractivity contribution < 1.29 is 27.5 Å². The molecular formula is C20H23N3O6S2. The molecule has 2 N–H and O–H groups in total. The third kappa shape index (κ3) is 5.67. The highest BCUT2D eigenvalue weighted by Crippen LogP contribution is 2.31. The highest BCUT2D eigenvalue weighted by atomic mass is 32.2. The summed E-state index contributed by atoms with van der Waals surface area (Å²) >= 11 is 0.719. The van der Waals surface area contributed by atoms with Gasteiger partial charge in [-0.3, -0.25) is 14.9 Å². The predicted octanol–water partition coefficient (Wildman–Crippen LogP) is 3.42. The molecule has 0 spiro atoms. The molecule has 1 fully saturated rings. The number of nitrogens with one attached hydrogen (secondary N) is 2. The van der Waals surface area contributed by atoms with E-state index in [1.807, 2.05) is 6.92 Å². The lowest BCUT2D eigenvalue weighted by atomic mass is 9.94. The quantitative estimate of drug-likeness (QED) is 0.473. The molecule has 1 aromatic carbocycles. The second kappa shape index (κ2) is 9.56. The fraction of sp³-hybridized carbons (Fsp3) is 0.400. The number of aryl methyl sites for hydroxylation is 1. The van der Waals surface area contributed by atoms with E-state index in [0.717, 1.165) is 55.9 Å². The van der Waals surface area contributed by atoms with Crippen molar-refractivity contribution in [1.82, 2.24) is 4.98 Å². The minimum Gasteiger partial charge on any atom is -0.468 e. The number of carbonyl (C=O) groups excluding carboxylic acids is 3. The molecule has 0 saturated heterocycles. The van der Waals surface area contributed by atoms with Crippen LogP contribution in [-0.4, -0.2) is 44.0 Å². The van der Waals surface area contributed by atoms with E-state index in [0.29, 0.717) is 11.3 Å². The van der Waals surface area contributed by atoms with Gasteiger partial charge in [0.25, 0.3) is 0 Å². The Hall–Kier alpha value is -2.79. The lowest BCUT2D eigenvalue weighted by molar-refractivity contribution is -0.137. The maximum Gasteiger partial charge on any atom is 0.325 e. The standard InChI is InChI=1S/C20H23N3O6S2/c1-12-7-8-15(14(9-12)18(25)13-5-3-4-6-13)22-19(26)23-20-21-10-17(30-20)31(27,28)11-16(24)29-2/h7-10,13H,3-6,11H2,1-2H3,(H2,21,22,23,26). The van der Waals surface area contributed by atoms with Gasteiger partial charge in [-0.15, -0.1) is 0 Å². The summed E-state index contributed by atoms with van der Waals surface area (Å²) < 4.78 is 28.6. The van der Waals surface area contributed by atoms with Crippen LogP contribution in [0.4, 0.5) is 15.6 Å². The van der Waals surface area contributed by atoms with E-state index in [1.54, 1.807) is 18.2 Å². The Bertz CT molecular complexity index is 1100. The number of anilines is 2. The number of hydrogen-bond acceptors (Lipinski definition) is 8. The van der Waals surface area contributed by atoms with Gasteiger partial charge in [0.2, 0.25) is 0 Å². The maximum atomic E-state index is 12.9. The summed E-state index contributed by atoms with van der Waals surface area (Å²) in [6.45, 7) is 1.88. The van der Waals surface area contributed by atoms with Gasteiger partial charge in [0.15, 0.2) is 26.5 Å². The number of carbonyl (C=O) groups is 3. The van der Waals surface area contributed by atoms with E-state index >= 15 is 0 Å². The predicted molar refractivity (Wildman–Crippen MR) is 116 cm³/mol. The number of urea groups is 1. The zero-order chi connectivity index (χ0) is 22.6. The summed E-state index contributed by atoms with van der Waals surface area (Å²) in [4.78, 5) is 40.5. The Balaban J connectivity index is 1.71. The number of benzene rings is 1. The first-order chi connectivity index (χ1) is 14.7. The molecule has 0 aliphatic heterocycles. The van der Waals surface area contributed by atoms with Crippen LogP contribution in [0.25, 0.3) is 0 Å². The van der Waals surface area contributed by atoms with Gasteiger partial charge in [-0.05, 0) is 31.9 Å². The van der Waals surface area contributed by atoms with Crippen LogP contribution >= 0.6 is 11.3 Å². The topological polar surface area (TPSA) is 132 Å². The van der Waals surface area contributed by atoms with Crippen LogP contribution in [0.1, 0.15) is 41.6 Å². The minimum absolute atomic E-state index is 0.0157. The molecule has 0 bridgehead atoms. The van der Waals surface area contributed by atoms with Gasteiger partial charge in [0.1, 0.15) is 4.21 Å². The second-order valence-corrected chi connectivity index (χ2v) is 10.5. The van der Waals surface area contributed by atoms with Crippen molar-refractivity contribution in [3.05, 3.63) is 35.5 Å². The number of esters is 1. The first-order valence-corrected chi connectivity index (χ1v) is 12.1. The molecular weight excluding hydrogens is 442 g/mol. The number of ketones is 1. The average Bonchev–Trinajstić information content (AvgIpc) is 3.41. The van der Waals surface area contributed by atoms with Crippen LogP contribution in [0.2, 0.25) is 0 Å². The van der Waals surface area contributed by atoms with Gasteiger partial charge in [0, 0.05) is 11.5 Å². The Labute approximate surface area is 184 Å². The molecule has 0 radical (unpaired) electrons. The number of sulfone groups is 1.